The molecule has 0 bridgehead atoms. The predicted octanol–water partition coefficient (Wildman–Crippen LogP) is 2.01. The van der Waals surface area contributed by atoms with Crippen LogP contribution in [0.3, 0.4) is 0 Å². The molecule has 0 saturated heterocycles. The van der Waals surface area contributed by atoms with Crippen molar-refractivity contribution in [3.05, 3.63) is 0 Å². The summed E-state index contributed by atoms with van der Waals surface area (Å²) in [6, 6.07) is 0. The van der Waals surface area contributed by atoms with Crippen LogP contribution in [0.1, 0.15) is 26.7 Å². The Labute approximate surface area is 53.1 Å². The van der Waals surface area contributed by atoms with Crippen LogP contribution in [-0.2, 0) is 4.79 Å². The molecule has 3 heteroatoms. The van der Waals surface area contributed by atoms with E-state index in [9.17, 15) is 13.6 Å². The van der Waals surface area contributed by atoms with Gasteiger partial charge in [0.25, 0.3) is 0 Å². The Morgan fingerprint density at radius 1 is 1.44 bits per heavy atom. The monoisotopic (exact) mass is 136 g/mol. The molecule has 0 aromatic carbocycles. The van der Waals surface area contributed by atoms with Crippen LogP contribution in [0.4, 0.5) is 8.78 Å². The third-order valence-corrected chi connectivity index (χ3v) is 1.17. The average molecular weight is 136 g/mol. The number of Topliss-reactive ketones (excluding diaryl/α,β-unsaturated/α-hetero) is 1. The second kappa shape index (κ2) is 2.90. The van der Waals surface area contributed by atoms with Crippen LogP contribution in [0.5, 0.6) is 0 Å². The Morgan fingerprint density at radius 2 is 1.89 bits per heavy atom. The summed E-state index contributed by atoms with van der Waals surface area (Å²) in [7, 11) is 0. The standard InChI is InChI=1S/C6H10F2O/c1-3-5(9)6(7,8)4-2/h3-4H2,1-2H3. The number of carbonyl (C=O) groups is 1. The quantitative estimate of drug-likeness (QED) is 0.580. The number of carbonyl (C=O) groups excluding carboxylic acids is 1. The van der Waals surface area contributed by atoms with Crippen LogP contribution in [0.15, 0.2) is 0 Å². The van der Waals surface area contributed by atoms with Crippen LogP contribution >= 0.6 is 0 Å². The third-order valence-electron chi connectivity index (χ3n) is 1.17. The van der Waals surface area contributed by atoms with Gasteiger partial charge in [-0.1, -0.05) is 13.8 Å². The van der Waals surface area contributed by atoms with Gasteiger partial charge < -0.3 is 0 Å². The molecule has 0 rings (SSSR count). The molecule has 54 valence electrons. The molecule has 0 aromatic heterocycles. The molecule has 9 heavy (non-hydrogen) atoms. The van der Waals surface area contributed by atoms with E-state index in [1.165, 1.54) is 13.8 Å². The van der Waals surface area contributed by atoms with Crippen LogP contribution < -0.4 is 0 Å². The van der Waals surface area contributed by atoms with Gasteiger partial charge in [-0.15, -0.1) is 0 Å². The molecule has 0 atom stereocenters. The van der Waals surface area contributed by atoms with E-state index in [1.54, 1.807) is 0 Å². The fraction of sp³-hybridized carbons (Fsp3) is 0.833. The van der Waals surface area contributed by atoms with Crippen molar-refractivity contribution in [2.45, 2.75) is 32.6 Å². The van der Waals surface area contributed by atoms with E-state index in [0.717, 1.165) is 0 Å². The van der Waals surface area contributed by atoms with Crippen LogP contribution in [0, 0.1) is 0 Å². The summed E-state index contributed by atoms with van der Waals surface area (Å²) in [5.41, 5.74) is 0. The molecule has 0 aliphatic heterocycles. The third kappa shape index (κ3) is 2.08. The lowest BCUT2D eigenvalue weighted by Crippen LogP contribution is -2.26. The Hall–Kier alpha value is -0.470. The van der Waals surface area contributed by atoms with Crippen LogP contribution in [0.2, 0.25) is 0 Å². The van der Waals surface area contributed by atoms with Crippen molar-refractivity contribution in [1.82, 2.24) is 0 Å². The number of rotatable bonds is 3. The Morgan fingerprint density at radius 3 is 2.00 bits per heavy atom. The summed E-state index contributed by atoms with van der Waals surface area (Å²) in [6.45, 7) is 2.74. The molecule has 0 N–H and O–H groups in total. The largest absolute Gasteiger partial charge is 0.304 e. The van der Waals surface area contributed by atoms with E-state index in [1.807, 2.05) is 0 Å². The van der Waals surface area contributed by atoms with E-state index in [2.05, 4.69) is 0 Å². The molecule has 0 fully saturated rings. The summed E-state index contributed by atoms with van der Waals surface area (Å²) in [5.74, 6) is -4.06. The van der Waals surface area contributed by atoms with Crippen LogP contribution in [-0.4, -0.2) is 11.7 Å². The molecular weight excluding hydrogens is 126 g/mol. The van der Waals surface area contributed by atoms with E-state index in [0.29, 0.717) is 0 Å². The van der Waals surface area contributed by atoms with E-state index in [-0.39, 0.29) is 12.8 Å². The first-order chi connectivity index (χ1) is 4.04. The van der Waals surface area contributed by atoms with Gasteiger partial charge in [0.15, 0.2) is 0 Å². The zero-order chi connectivity index (χ0) is 7.49. The van der Waals surface area contributed by atoms with Gasteiger partial charge in [0.1, 0.15) is 0 Å². The summed E-state index contributed by atoms with van der Waals surface area (Å²) in [6.07, 6.45) is -0.472. The highest BCUT2D eigenvalue weighted by atomic mass is 19.3. The van der Waals surface area contributed by atoms with E-state index >= 15 is 0 Å². The number of ketones is 1. The Bertz CT molecular complexity index is 110. The minimum Gasteiger partial charge on any atom is -0.293 e. The lowest BCUT2D eigenvalue weighted by molar-refractivity contribution is -0.143. The average Bonchev–Trinajstić information content (AvgIpc) is 1.86. The lowest BCUT2D eigenvalue weighted by Gasteiger charge is -2.09. The maximum absolute atomic E-state index is 12.2. The number of hydrogen-bond acceptors (Lipinski definition) is 1. The van der Waals surface area contributed by atoms with Crippen LogP contribution in [0.25, 0.3) is 0 Å². The van der Waals surface area contributed by atoms with Crippen molar-refractivity contribution >= 4 is 5.78 Å². The highest BCUT2D eigenvalue weighted by Gasteiger charge is 2.33. The fourth-order valence-corrected chi connectivity index (χ4v) is 0.456. The summed E-state index contributed by atoms with van der Waals surface area (Å²) in [4.78, 5) is 10.3. The molecule has 0 unspecified atom stereocenters. The molecule has 0 aromatic rings. The van der Waals surface area contributed by atoms with Crippen molar-refractivity contribution in [2.75, 3.05) is 0 Å². The second-order valence-corrected chi connectivity index (χ2v) is 1.83. The van der Waals surface area contributed by atoms with E-state index < -0.39 is 11.7 Å². The molecule has 0 heterocycles. The van der Waals surface area contributed by atoms with Crippen molar-refractivity contribution in [2.24, 2.45) is 0 Å². The first kappa shape index (κ1) is 8.53. The van der Waals surface area contributed by atoms with Gasteiger partial charge in [0.05, 0.1) is 0 Å². The fourth-order valence-electron chi connectivity index (χ4n) is 0.456. The molecule has 0 spiro atoms. The molecular formula is C6H10F2O. The van der Waals surface area contributed by atoms with Gasteiger partial charge in [0, 0.05) is 12.8 Å². The second-order valence-electron chi connectivity index (χ2n) is 1.83. The SMILES string of the molecule is CCC(=O)C(F)(F)CC. The topological polar surface area (TPSA) is 17.1 Å². The van der Waals surface area contributed by atoms with Gasteiger partial charge in [-0.05, 0) is 0 Å². The number of halogens is 2. The zero-order valence-corrected chi connectivity index (χ0v) is 5.58. The van der Waals surface area contributed by atoms with Gasteiger partial charge in [-0.2, -0.15) is 8.78 Å². The maximum atomic E-state index is 12.2. The maximum Gasteiger partial charge on any atom is 0.304 e. The summed E-state index contributed by atoms with van der Waals surface area (Å²) >= 11 is 0. The van der Waals surface area contributed by atoms with Gasteiger partial charge in [0.2, 0.25) is 5.78 Å². The first-order valence-electron chi connectivity index (χ1n) is 2.95. The summed E-state index contributed by atoms with van der Waals surface area (Å²) < 4.78 is 24.4. The van der Waals surface area contributed by atoms with Gasteiger partial charge >= 0.3 is 5.92 Å². The number of alkyl halides is 2. The van der Waals surface area contributed by atoms with Crippen molar-refractivity contribution in [3.8, 4) is 0 Å². The highest BCUT2D eigenvalue weighted by Crippen LogP contribution is 2.19. The van der Waals surface area contributed by atoms with Gasteiger partial charge in [-0.3, -0.25) is 4.79 Å². The molecule has 0 radical (unpaired) electrons. The van der Waals surface area contributed by atoms with Crippen molar-refractivity contribution in [3.63, 3.8) is 0 Å². The van der Waals surface area contributed by atoms with Crippen molar-refractivity contribution in [1.29, 1.82) is 0 Å². The zero-order valence-electron chi connectivity index (χ0n) is 5.58. The molecule has 0 amide bonds. The molecule has 0 saturated carbocycles. The smallest absolute Gasteiger partial charge is 0.293 e. The molecule has 0 aliphatic carbocycles. The Balaban J connectivity index is 3.97. The molecule has 1 nitrogen and oxygen atoms in total. The highest BCUT2D eigenvalue weighted by molar-refractivity contribution is 5.85. The first-order valence-corrected chi connectivity index (χ1v) is 2.95. The minimum absolute atomic E-state index is 0.0825. The predicted molar refractivity (Wildman–Crippen MR) is 30.5 cm³/mol. The van der Waals surface area contributed by atoms with Crippen molar-refractivity contribution < 1.29 is 13.6 Å². The van der Waals surface area contributed by atoms with Gasteiger partial charge in [-0.25, -0.2) is 0 Å². The molecule has 0 aliphatic rings. The Kier molecular flexibility index (Phi) is 2.74. The normalized spacial score (nSPS) is 11.6. The van der Waals surface area contributed by atoms with E-state index in [4.69, 9.17) is 0 Å². The summed E-state index contributed by atoms with van der Waals surface area (Å²) in [5, 5.41) is 0. The number of hydrogen-bond donors (Lipinski definition) is 0. The minimum atomic E-state index is -3.09. The lowest BCUT2D eigenvalue weighted by atomic mass is 10.1.